The summed E-state index contributed by atoms with van der Waals surface area (Å²) < 4.78 is 10.7. The topological polar surface area (TPSA) is 58.9 Å². The van der Waals surface area contributed by atoms with Crippen LogP contribution in [0.5, 0.6) is 5.75 Å². The van der Waals surface area contributed by atoms with Crippen molar-refractivity contribution in [1.29, 1.82) is 0 Å². The standard InChI is InChI=1S/C13H21BO4/c1-4-5-10(2)18-9-11-6-7-13(17-3)12(8-11)14(15)16/h6-8,10,15-16H,4-5,9H2,1-3H3. The number of hydrogen-bond acceptors (Lipinski definition) is 4. The van der Waals surface area contributed by atoms with E-state index in [0.717, 1.165) is 18.4 Å². The molecule has 5 heteroatoms. The largest absolute Gasteiger partial charge is 0.497 e. The molecule has 0 spiro atoms. The Hall–Kier alpha value is -1.04. The van der Waals surface area contributed by atoms with Crippen LogP contribution < -0.4 is 10.2 Å². The van der Waals surface area contributed by atoms with E-state index in [0.29, 0.717) is 17.8 Å². The number of rotatable bonds is 7. The predicted molar refractivity (Wildman–Crippen MR) is 72.0 cm³/mol. The highest BCUT2D eigenvalue weighted by molar-refractivity contribution is 6.59. The zero-order valence-corrected chi connectivity index (χ0v) is 11.2. The second-order valence-corrected chi connectivity index (χ2v) is 4.36. The molecule has 1 unspecified atom stereocenters. The summed E-state index contributed by atoms with van der Waals surface area (Å²) in [4.78, 5) is 0. The number of methoxy groups -OCH3 is 1. The average molecular weight is 252 g/mol. The van der Waals surface area contributed by atoms with E-state index >= 15 is 0 Å². The molecule has 1 atom stereocenters. The Morgan fingerprint density at radius 3 is 2.61 bits per heavy atom. The van der Waals surface area contributed by atoms with Gasteiger partial charge in [0.25, 0.3) is 0 Å². The molecule has 0 aliphatic rings. The van der Waals surface area contributed by atoms with Gasteiger partial charge in [0, 0.05) is 5.46 Å². The Morgan fingerprint density at radius 1 is 1.33 bits per heavy atom. The van der Waals surface area contributed by atoms with Gasteiger partial charge < -0.3 is 19.5 Å². The monoisotopic (exact) mass is 252 g/mol. The molecule has 0 heterocycles. The summed E-state index contributed by atoms with van der Waals surface area (Å²) in [6.45, 7) is 4.62. The van der Waals surface area contributed by atoms with Crippen LogP contribution in [-0.2, 0) is 11.3 Å². The van der Waals surface area contributed by atoms with E-state index in [2.05, 4.69) is 6.92 Å². The predicted octanol–water partition coefficient (Wildman–Crippen LogP) is 1.08. The molecule has 2 N–H and O–H groups in total. The molecule has 0 aliphatic heterocycles. The van der Waals surface area contributed by atoms with Crippen molar-refractivity contribution >= 4 is 12.6 Å². The van der Waals surface area contributed by atoms with E-state index in [1.54, 1.807) is 12.1 Å². The van der Waals surface area contributed by atoms with Crippen LogP contribution in [0.15, 0.2) is 18.2 Å². The molecule has 0 amide bonds. The molecule has 18 heavy (non-hydrogen) atoms. The Morgan fingerprint density at radius 2 is 2.06 bits per heavy atom. The van der Waals surface area contributed by atoms with Crippen LogP contribution in [0.2, 0.25) is 0 Å². The maximum atomic E-state index is 9.26. The lowest BCUT2D eigenvalue weighted by molar-refractivity contribution is 0.0472. The first-order valence-corrected chi connectivity index (χ1v) is 6.23. The third-order valence-corrected chi connectivity index (χ3v) is 2.80. The van der Waals surface area contributed by atoms with Crippen LogP contribution in [0.4, 0.5) is 0 Å². The molecule has 100 valence electrons. The molecule has 0 radical (unpaired) electrons. The van der Waals surface area contributed by atoms with E-state index in [1.165, 1.54) is 7.11 Å². The molecule has 0 saturated carbocycles. The van der Waals surface area contributed by atoms with Crippen molar-refractivity contribution in [3.63, 3.8) is 0 Å². The van der Waals surface area contributed by atoms with E-state index in [-0.39, 0.29) is 6.10 Å². The van der Waals surface area contributed by atoms with Gasteiger partial charge in [-0.05, 0) is 25.0 Å². The van der Waals surface area contributed by atoms with Crippen LogP contribution in [0.25, 0.3) is 0 Å². The first-order valence-electron chi connectivity index (χ1n) is 6.23. The van der Waals surface area contributed by atoms with Gasteiger partial charge in [0.2, 0.25) is 0 Å². The summed E-state index contributed by atoms with van der Waals surface area (Å²) in [5, 5.41) is 18.5. The lowest BCUT2D eigenvalue weighted by Crippen LogP contribution is -2.31. The molecule has 1 aromatic rings. The first-order chi connectivity index (χ1) is 8.58. The zero-order chi connectivity index (χ0) is 13.5. The van der Waals surface area contributed by atoms with Crippen LogP contribution in [0.3, 0.4) is 0 Å². The summed E-state index contributed by atoms with van der Waals surface area (Å²) in [5.41, 5.74) is 1.27. The van der Waals surface area contributed by atoms with E-state index in [1.807, 2.05) is 13.0 Å². The first kappa shape index (κ1) is 15.0. The summed E-state index contributed by atoms with van der Waals surface area (Å²) in [6, 6.07) is 5.28. The van der Waals surface area contributed by atoms with Crippen molar-refractivity contribution < 1.29 is 19.5 Å². The minimum absolute atomic E-state index is 0.208. The highest BCUT2D eigenvalue weighted by atomic mass is 16.5. The van der Waals surface area contributed by atoms with Gasteiger partial charge in [-0.1, -0.05) is 25.5 Å². The lowest BCUT2D eigenvalue weighted by atomic mass is 9.79. The SMILES string of the molecule is CCCC(C)OCc1ccc(OC)c(B(O)O)c1. The molecule has 1 rings (SSSR count). The summed E-state index contributed by atoms with van der Waals surface area (Å²) >= 11 is 0. The highest BCUT2D eigenvalue weighted by Gasteiger charge is 2.17. The second kappa shape index (κ2) is 7.41. The number of hydrogen-bond donors (Lipinski definition) is 2. The molecule has 0 saturated heterocycles. The van der Waals surface area contributed by atoms with Gasteiger partial charge in [-0.3, -0.25) is 0 Å². The van der Waals surface area contributed by atoms with Crippen molar-refractivity contribution in [2.75, 3.05) is 7.11 Å². The Balaban J connectivity index is 2.70. The highest BCUT2D eigenvalue weighted by Crippen LogP contribution is 2.12. The van der Waals surface area contributed by atoms with Gasteiger partial charge in [-0.2, -0.15) is 0 Å². The van der Waals surface area contributed by atoms with Crippen LogP contribution in [0.1, 0.15) is 32.3 Å². The van der Waals surface area contributed by atoms with Crippen molar-refractivity contribution in [3.05, 3.63) is 23.8 Å². The fraction of sp³-hybridized carbons (Fsp3) is 0.538. The normalized spacial score (nSPS) is 12.3. The Bertz CT molecular complexity index is 368. The smallest absolute Gasteiger partial charge is 0.492 e. The molecule has 0 bridgehead atoms. The fourth-order valence-corrected chi connectivity index (χ4v) is 1.80. The Labute approximate surface area is 109 Å². The van der Waals surface area contributed by atoms with Crippen molar-refractivity contribution in [1.82, 2.24) is 0 Å². The Kier molecular flexibility index (Phi) is 6.19. The second-order valence-electron chi connectivity index (χ2n) is 4.36. The molecule has 4 nitrogen and oxygen atoms in total. The van der Waals surface area contributed by atoms with Gasteiger partial charge >= 0.3 is 7.12 Å². The third-order valence-electron chi connectivity index (χ3n) is 2.80. The van der Waals surface area contributed by atoms with Crippen LogP contribution in [-0.4, -0.2) is 30.4 Å². The van der Waals surface area contributed by atoms with Crippen molar-refractivity contribution in [3.8, 4) is 5.75 Å². The molecular formula is C13H21BO4. The molecule has 1 aromatic carbocycles. The minimum atomic E-state index is -1.53. The molecule has 0 aliphatic carbocycles. The lowest BCUT2D eigenvalue weighted by Gasteiger charge is -2.14. The fourth-order valence-electron chi connectivity index (χ4n) is 1.80. The third kappa shape index (κ3) is 4.33. The van der Waals surface area contributed by atoms with Crippen LogP contribution in [0, 0.1) is 0 Å². The number of ether oxygens (including phenoxy) is 2. The van der Waals surface area contributed by atoms with Crippen LogP contribution >= 0.6 is 0 Å². The van der Waals surface area contributed by atoms with E-state index in [9.17, 15) is 10.0 Å². The quantitative estimate of drug-likeness (QED) is 0.713. The average Bonchev–Trinajstić information content (AvgIpc) is 2.36. The molecule has 0 aromatic heterocycles. The van der Waals surface area contributed by atoms with Gasteiger partial charge in [0.05, 0.1) is 19.8 Å². The van der Waals surface area contributed by atoms with Crippen molar-refractivity contribution in [2.45, 2.75) is 39.4 Å². The van der Waals surface area contributed by atoms with Crippen molar-refractivity contribution in [2.24, 2.45) is 0 Å². The van der Waals surface area contributed by atoms with Gasteiger partial charge in [0.1, 0.15) is 5.75 Å². The zero-order valence-electron chi connectivity index (χ0n) is 11.2. The van der Waals surface area contributed by atoms with Gasteiger partial charge in [0.15, 0.2) is 0 Å². The summed E-state index contributed by atoms with van der Waals surface area (Å²) in [7, 11) is -0.0336. The minimum Gasteiger partial charge on any atom is -0.497 e. The maximum Gasteiger partial charge on any atom is 0.492 e. The maximum absolute atomic E-state index is 9.26. The van der Waals surface area contributed by atoms with Gasteiger partial charge in [-0.25, -0.2) is 0 Å². The summed E-state index contributed by atoms with van der Waals surface area (Å²) in [6.07, 6.45) is 2.32. The van der Waals surface area contributed by atoms with Gasteiger partial charge in [-0.15, -0.1) is 0 Å². The molecular weight excluding hydrogens is 231 g/mol. The summed E-state index contributed by atoms with van der Waals surface area (Å²) in [5.74, 6) is 0.468. The molecule has 0 fully saturated rings. The van der Waals surface area contributed by atoms with E-state index in [4.69, 9.17) is 9.47 Å². The van der Waals surface area contributed by atoms with E-state index < -0.39 is 7.12 Å². The number of benzene rings is 1.